The molecule has 0 aromatic heterocycles. The zero-order chi connectivity index (χ0) is 13.1. The lowest BCUT2D eigenvalue weighted by molar-refractivity contribution is 0.0959. The first-order valence-corrected chi connectivity index (χ1v) is 6.97. The number of carbonyl (C=O) groups excluding carboxylic acids is 1. The third kappa shape index (κ3) is 4.12. The maximum absolute atomic E-state index is 11.5. The summed E-state index contributed by atoms with van der Waals surface area (Å²) in [6.45, 7) is 0.113. The minimum Gasteiger partial charge on any atom is -0.392 e. The van der Waals surface area contributed by atoms with Gasteiger partial charge in [-0.1, -0.05) is 12.2 Å². The summed E-state index contributed by atoms with van der Waals surface area (Å²) in [5.74, 6) is -0.349. The molecule has 0 aliphatic carbocycles. The number of nitrogens with one attached hydrogen (secondary N) is 1. The summed E-state index contributed by atoms with van der Waals surface area (Å²) < 4.78 is 22.4. The standard InChI is InChI=1S/C10H12N2O3S2/c1-17(14,15)8-4-2-7(3-5-8)10(13)12-6-9(11)16/h2-5H,6H2,1H3,(H2,11,16)(H,12,13). The quantitative estimate of drug-likeness (QED) is 0.759. The molecule has 0 aliphatic rings. The Bertz CT molecular complexity index is 535. The van der Waals surface area contributed by atoms with Crippen molar-refractivity contribution >= 4 is 33.0 Å². The highest BCUT2D eigenvalue weighted by molar-refractivity contribution is 7.90. The van der Waals surface area contributed by atoms with Crippen LogP contribution >= 0.6 is 12.2 Å². The molecule has 0 saturated carbocycles. The lowest BCUT2D eigenvalue weighted by atomic mass is 10.2. The molecule has 1 amide bonds. The number of carbonyl (C=O) groups is 1. The van der Waals surface area contributed by atoms with Gasteiger partial charge in [0, 0.05) is 11.8 Å². The van der Waals surface area contributed by atoms with Gasteiger partial charge < -0.3 is 11.1 Å². The van der Waals surface area contributed by atoms with Gasteiger partial charge in [0.05, 0.1) is 16.4 Å². The van der Waals surface area contributed by atoms with E-state index in [9.17, 15) is 13.2 Å². The molecule has 0 radical (unpaired) electrons. The van der Waals surface area contributed by atoms with Gasteiger partial charge in [0.1, 0.15) is 0 Å². The van der Waals surface area contributed by atoms with Gasteiger partial charge in [-0.2, -0.15) is 0 Å². The SMILES string of the molecule is CS(=O)(=O)c1ccc(C(=O)NCC(N)=S)cc1. The average Bonchev–Trinajstić information content (AvgIpc) is 2.25. The fraction of sp³-hybridized carbons (Fsp3) is 0.200. The van der Waals surface area contributed by atoms with Crippen molar-refractivity contribution in [1.29, 1.82) is 0 Å². The van der Waals surface area contributed by atoms with Gasteiger partial charge >= 0.3 is 0 Å². The smallest absolute Gasteiger partial charge is 0.251 e. The van der Waals surface area contributed by atoms with E-state index in [0.29, 0.717) is 5.56 Å². The first-order valence-electron chi connectivity index (χ1n) is 4.67. The minimum absolute atomic E-state index is 0.113. The van der Waals surface area contributed by atoms with E-state index in [4.69, 9.17) is 5.73 Å². The topological polar surface area (TPSA) is 89.3 Å². The Labute approximate surface area is 105 Å². The van der Waals surface area contributed by atoms with Gasteiger partial charge in [0.2, 0.25) is 0 Å². The second-order valence-corrected chi connectivity index (χ2v) is 5.99. The lowest BCUT2D eigenvalue weighted by Gasteiger charge is -2.04. The van der Waals surface area contributed by atoms with Crippen LogP contribution in [0.3, 0.4) is 0 Å². The summed E-state index contributed by atoms with van der Waals surface area (Å²) in [7, 11) is -3.24. The molecule has 0 unspecified atom stereocenters. The van der Waals surface area contributed by atoms with Gasteiger partial charge in [-0.25, -0.2) is 8.42 Å². The molecule has 92 valence electrons. The van der Waals surface area contributed by atoms with Crippen LogP contribution in [0.2, 0.25) is 0 Å². The van der Waals surface area contributed by atoms with Crippen molar-refractivity contribution in [2.75, 3.05) is 12.8 Å². The van der Waals surface area contributed by atoms with Crippen molar-refractivity contribution in [2.45, 2.75) is 4.90 Å². The first-order chi connectivity index (χ1) is 7.80. The molecule has 0 aliphatic heterocycles. The molecule has 0 fully saturated rings. The number of hydrogen-bond acceptors (Lipinski definition) is 4. The van der Waals surface area contributed by atoms with E-state index in [1.165, 1.54) is 24.3 Å². The Hall–Kier alpha value is -1.47. The van der Waals surface area contributed by atoms with E-state index in [-0.39, 0.29) is 22.3 Å². The highest BCUT2D eigenvalue weighted by Crippen LogP contribution is 2.10. The summed E-state index contributed by atoms with van der Waals surface area (Å²) >= 11 is 4.62. The van der Waals surface area contributed by atoms with Crippen molar-refractivity contribution in [1.82, 2.24) is 5.32 Å². The summed E-state index contributed by atoms with van der Waals surface area (Å²) in [5, 5.41) is 2.50. The molecule has 3 N–H and O–H groups in total. The number of rotatable bonds is 4. The largest absolute Gasteiger partial charge is 0.392 e. The Kier molecular flexibility index (Phi) is 4.19. The van der Waals surface area contributed by atoms with Crippen LogP contribution in [0, 0.1) is 0 Å². The number of benzene rings is 1. The molecular formula is C10H12N2O3S2. The summed E-state index contributed by atoms with van der Waals surface area (Å²) in [5.41, 5.74) is 5.59. The van der Waals surface area contributed by atoms with Gasteiger partial charge in [0.25, 0.3) is 5.91 Å². The van der Waals surface area contributed by atoms with Gasteiger partial charge in [-0.15, -0.1) is 0 Å². The zero-order valence-corrected chi connectivity index (χ0v) is 10.8. The van der Waals surface area contributed by atoms with E-state index in [1.54, 1.807) is 0 Å². The first kappa shape index (κ1) is 13.6. The maximum Gasteiger partial charge on any atom is 0.251 e. The summed E-state index contributed by atoms with van der Waals surface area (Å²) in [4.78, 5) is 11.9. The molecule has 0 heterocycles. The monoisotopic (exact) mass is 272 g/mol. The van der Waals surface area contributed by atoms with Crippen LogP contribution in [0.1, 0.15) is 10.4 Å². The second-order valence-electron chi connectivity index (χ2n) is 3.45. The third-order valence-corrected chi connectivity index (χ3v) is 3.24. The Morgan fingerprint density at radius 2 is 1.88 bits per heavy atom. The number of hydrogen-bond donors (Lipinski definition) is 2. The number of sulfone groups is 1. The Balaban J connectivity index is 2.81. The highest BCUT2D eigenvalue weighted by Gasteiger charge is 2.09. The van der Waals surface area contributed by atoms with Gasteiger partial charge in [-0.05, 0) is 24.3 Å². The summed E-state index contributed by atoms with van der Waals surface area (Å²) in [6.07, 6.45) is 1.11. The average molecular weight is 272 g/mol. The van der Waals surface area contributed by atoms with Gasteiger partial charge in [0.15, 0.2) is 9.84 Å². The number of amides is 1. The van der Waals surface area contributed by atoms with Crippen molar-refractivity contribution < 1.29 is 13.2 Å². The molecule has 5 nitrogen and oxygen atoms in total. The van der Waals surface area contributed by atoms with Crippen molar-refractivity contribution in [3.05, 3.63) is 29.8 Å². The van der Waals surface area contributed by atoms with Crippen molar-refractivity contribution in [3.8, 4) is 0 Å². The minimum atomic E-state index is -3.24. The molecule has 0 atom stereocenters. The maximum atomic E-state index is 11.5. The summed E-state index contributed by atoms with van der Waals surface area (Å²) in [6, 6.07) is 5.63. The van der Waals surface area contributed by atoms with Crippen LogP contribution in [0.25, 0.3) is 0 Å². The van der Waals surface area contributed by atoms with Crippen LogP contribution in [0.15, 0.2) is 29.2 Å². The molecule has 0 saturated heterocycles. The molecule has 1 rings (SSSR count). The second kappa shape index (κ2) is 5.24. The van der Waals surface area contributed by atoms with Crippen molar-refractivity contribution in [3.63, 3.8) is 0 Å². The van der Waals surface area contributed by atoms with E-state index in [1.807, 2.05) is 0 Å². The molecular weight excluding hydrogens is 260 g/mol. The predicted octanol–water partition coefficient (Wildman–Crippen LogP) is 0.106. The van der Waals surface area contributed by atoms with E-state index < -0.39 is 9.84 Å². The number of nitrogens with two attached hydrogens (primary N) is 1. The molecule has 7 heteroatoms. The van der Waals surface area contributed by atoms with Crippen LogP contribution < -0.4 is 11.1 Å². The van der Waals surface area contributed by atoms with Gasteiger partial charge in [-0.3, -0.25) is 4.79 Å². The fourth-order valence-corrected chi connectivity index (χ4v) is 1.83. The van der Waals surface area contributed by atoms with E-state index in [0.717, 1.165) is 6.26 Å². The molecule has 17 heavy (non-hydrogen) atoms. The van der Waals surface area contributed by atoms with Crippen LogP contribution in [0.4, 0.5) is 0 Å². The van der Waals surface area contributed by atoms with Crippen molar-refractivity contribution in [2.24, 2.45) is 5.73 Å². The zero-order valence-electron chi connectivity index (χ0n) is 9.14. The van der Waals surface area contributed by atoms with E-state index in [2.05, 4.69) is 17.5 Å². The fourth-order valence-electron chi connectivity index (χ4n) is 1.12. The Morgan fingerprint density at radius 1 is 1.35 bits per heavy atom. The van der Waals surface area contributed by atoms with Crippen LogP contribution in [-0.2, 0) is 9.84 Å². The molecule has 0 spiro atoms. The highest BCUT2D eigenvalue weighted by atomic mass is 32.2. The Morgan fingerprint density at radius 3 is 2.29 bits per heavy atom. The number of thiocarbonyl (C=S) groups is 1. The lowest BCUT2D eigenvalue weighted by Crippen LogP contribution is -2.32. The normalized spacial score (nSPS) is 10.9. The van der Waals surface area contributed by atoms with E-state index >= 15 is 0 Å². The van der Waals surface area contributed by atoms with Crippen LogP contribution in [-0.4, -0.2) is 32.1 Å². The molecule has 0 bridgehead atoms. The predicted molar refractivity (Wildman–Crippen MR) is 68.7 cm³/mol. The third-order valence-electron chi connectivity index (χ3n) is 1.97. The van der Waals surface area contributed by atoms with Crippen LogP contribution in [0.5, 0.6) is 0 Å². The molecule has 1 aromatic rings. The molecule has 1 aromatic carbocycles.